The Balaban J connectivity index is 1.83. The molecule has 6 nitrogen and oxygen atoms in total. The van der Waals surface area contributed by atoms with E-state index in [0.717, 1.165) is 10.8 Å². The van der Waals surface area contributed by atoms with Gasteiger partial charge in [0.2, 0.25) is 0 Å². The van der Waals surface area contributed by atoms with Gasteiger partial charge in [0.1, 0.15) is 5.75 Å². The number of carboxylic acid groups (broad SMARTS) is 1. The van der Waals surface area contributed by atoms with Gasteiger partial charge in [-0.1, -0.05) is 24.3 Å². The average Bonchev–Trinajstić information content (AvgIpc) is 2.69. The van der Waals surface area contributed by atoms with Crippen LogP contribution in [0.1, 0.15) is 26.3 Å². The molecule has 0 aliphatic heterocycles. The predicted octanol–water partition coefficient (Wildman–Crippen LogP) is 4.74. The van der Waals surface area contributed by atoms with Crippen LogP contribution in [-0.2, 0) is 0 Å². The second-order valence-electron chi connectivity index (χ2n) is 6.24. The van der Waals surface area contributed by atoms with Crippen molar-refractivity contribution >= 4 is 61.6 Å². The minimum Gasteiger partial charge on any atom is -0.495 e. The van der Waals surface area contributed by atoms with Gasteiger partial charge >= 0.3 is 5.97 Å². The number of hydrogen-bond donors (Lipinski definition) is 3. The van der Waals surface area contributed by atoms with E-state index in [1.807, 2.05) is 24.3 Å². The summed E-state index contributed by atoms with van der Waals surface area (Å²) in [7, 11) is 1.50. The molecule has 3 N–H and O–H groups in total. The number of methoxy groups -OCH3 is 1. The number of anilines is 1. The van der Waals surface area contributed by atoms with Crippen molar-refractivity contribution in [3.8, 4) is 5.75 Å². The maximum Gasteiger partial charge on any atom is 0.335 e. The van der Waals surface area contributed by atoms with Crippen LogP contribution in [0.25, 0.3) is 10.8 Å². The van der Waals surface area contributed by atoms with Crippen LogP contribution >= 0.6 is 28.1 Å². The summed E-state index contributed by atoms with van der Waals surface area (Å²) in [5.41, 5.74) is 1.80. The molecule has 1 amide bonds. The van der Waals surface area contributed by atoms with E-state index in [4.69, 9.17) is 22.1 Å². The molecule has 0 aromatic heterocycles. The van der Waals surface area contributed by atoms with Crippen LogP contribution in [0.2, 0.25) is 0 Å². The van der Waals surface area contributed by atoms with Crippen molar-refractivity contribution in [1.29, 1.82) is 0 Å². The van der Waals surface area contributed by atoms with Crippen molar-refractivity contribution in [2.45, 2.75) is 6.92 Å². The summed E-state index contributed by atoms with van der Waals surface area (Å²) in [6.45, 7) is 1.75. The first-order chi connectivity index (χ1) is 13.8. The van der Waals surface area contributed by atoms with Crippen LogP contribution in [0.3, 0.4) is 0 Å². The zero-order chi connectivity index (χ0) is 21.1. The molecular weight excluding hydrogens is 456 g/mol. The average molecular weight is 473 g/mol. The fourth-order valence-electron chi connectivity index (χ4n) is 2.91. The van der Waals surface area contributed by atoms with E-state index < -0.39 is 11.9 Å². The van der Waals surface area contributed by atoms with Crippen LogP contribution in [0.15, 0.2) is 53.0 Å². The van der Waals surface area contributed by atoms with Gasteiger partial charge in [-0.2, -0.15) is 0 Å². The van der Waals surface area contributed by atoms with Gasteiger partial charge in [-0.05, 0) is 75.7 Å². The van der Waals surface area contributed by atoms with E-state index in [0.29, 0.717) is 27.0 Å². The summed E-state index contributed by atoms with van der Waals surface area (Å²) < 4.78 is 6.12. The fourth-order valence-corrected chi connectivity index (χ4v) is 3.85. The van der Waals surface area contributed by atoms with Crippen molar-refractivity contribution < 1.29 is 19.4 Å². The number of aryl methyl sites for hydroxylation is 1. The third-order valence-corrected chi connectivity index (χ3v) is 5.33. The number of hydrogen-bond acceptors (Lipinski definition) is 4. The van der Waals surface area contributed by atoms with E-state index in [1.54, 1.807) is 19.1 Å². The van der Waals surface area contributed by atoms with Gasteiger partial charge in [-0.25, -0.2) is 4.79 Å². The van der Waals surface area contributed by atoms with Crippen molar-refractivity contribution in [3.63, 3.8) is 0 Å². The first-order valence-corrected chi connectivity index (χ1v) is 9.73. The van der Waals surface area contributed by atoms with E-state index >= 15 is 0 Å². The van der Waals surface area contributed by atoms with Crippen molar-refractivity contribution in [2.24, 2.45) is 0 Å². The highest BCUT2D eigenvalue weighted by atomic mass is 79.9. The number of nitrogens with one attached hydrogen (secondary N) is 2. The zero-order valence-electron chi connectivity index (χ0n) is 15.6. The zero-order valence-corrected chi connectivity index (χ0v) is 18.0. The van der Waals surface area contributed by atoms with E-state index in [2.05, 4.69) is 26.6 Å². The lowest BCUT2D eigenvalue weighted by Crippen LogP contribution is -2.34. The maximum atomic E-state index is 12.8. The summed E-state index contributed by atoms with van der Waals surface area (Å²) in [6, 6.07) is 14.0. The smallest absolute Gasteiger partial charge is 0.335 e. The molecule has 0 heterocycles. The number of ether oxygens (including phenoxy) is 1. The molecule has 0 fully saturated rings. The van der Waals surface area contributed by atoms with Gasteiger partial charge in [0.05, 0.1) is 22.7 Å². The molecule has 29 heavy (non-hydrogen) atoms. The number of fused-ring (bicyclic) bond motifs is 1. The fraction of sp³-hybridized carbons (Fsp3) is 0.0952. The molecular formula is C21H17BrN2O4S. The Kier molecular flexibility index (Phi) is 6.14. The Morgan fingerprint density at radius 1 is 1.14 bits per heavy atom. The number of aromatic carboxylic acids is 1. The lowest BCUT2D eigenvalue weighted by molar-refractivity contribution is 0.0696. The topological polar surface area (TPSA) is 87.7 Å². The Morgan fingerprint density at radius 2 is 1.86 bits per heavy atom. The summed E-state index contributed by atoms with van der Waals surface area (Å²) in [6.07, 6.45) is 0. The van der Waals surface area contributed by atoms with Gasteiger partial charge in [-0.3, -0.25) is 10.1 Å². The SMILES string of the molecule is COc1c(C(=O)NC(=S)Nc2ccc(C(=O)O)cc2C)cc2ccccc2c1Br. The van der Waals surface area contributed by atoms with Gasteiger partial charge in [0, 0.05) is 5.69 Å². The minimum atomic E-state index is -1.01. The minimum absolute atomic E-state index is 0.0903. The molecule has 0 radical (unpaired) electrons. The number of halogens is 1. The quantitative estimate of drug-likeness (QED) is 0.475. The maximum absolute atomic E-state index is 12.8. The Morgan fingerprint density at radius 3 is 2.52 bits per heavy atom. The molecule has 0 bridgehead atoms. The van der Waals surface area contributed by atoms with Crippen molar-refractivity contribution in [1.82, 2.24) is 5.32 Å². The third-order valence-electron chi connectivity index (χ3n) is 4.34. The normalized spacial score (nSPS) is 10.4. The molecule has 0 saturated carbocycles. The molecule has 0 atom stereocenters. The molecule has 3 aromatic rings. The lowest BCUT2D eigenvalue weighted by atomic mass is 10.1. The summed E-state index contributed by atoms with van der Waals surface area (Å²) >= 11 is 8.76. The van der Waals surface area contributed by atoms with E-state index in [9.17, 15) is 9.59 Å². The number of carboxylic acids is 1. The highest BCUT2D eigenvalue weighted by molar-refractivity contribution is 9.10. The van der Waals surface area contributed by atoms with Gasteiger partial charge in [-0.15, -0.1) is 0 Å². The van der Waals surface area contributed by atoms with Crippen LogP contribution in [0.5, 0.6) is 5.75 Å². The highest BCUT2D eigenvalue weighted by Crippen LogP contribution is 2.36. The molecule has 3 aromatic carbocycles. The van der Waals surface area contributed by atoms with Crippen molar-refractivity contribution in [3.05, 3.63) is 69.7 Å². The molecule has 0 unspecified atom stereocenters. The molecule has 8 heteroatoms. The first kappa shape index (κ1) is 20.8. The highest BCUT2D eigenvalue weighted by Gasteiger charge is 2.19. The first-order valence-electron chi connectivity index (χ1n) is 8.53. The van der Waals surface area contributed by atoms with Gasteiger partial charge in [0.15, 0.2) is 5.11 Å². The van der Waals surface area contributed by atoms with E-state index in [-0.39, 0.29) is 10.7 Å². The number of thiocarbonyl (C=S) groups is 1. The monoisotopic (exact) mass is 472 g/mol. The third kappa shape index (κ3) is 4.38. The van der Waals surface area contributed by atoms with Gasteiger partial charge in [0.25, 0.3) is 5.91 Å². The van der Waals surface area contributed by atoms with Crippen LogP contribution in [-0.4, -0.2) is 29.2 Å². The number of carbonyl (C=O) groups excluding carboxylic acids is 1. The summed E-state index contributed by atoms with van der Waals surface area (Å²) in [4.78, 5) is 23.9. The second kappa shape index (κ2) is 8.59. The summed E-state index contributed by atoms with van der Waals surface area (Å²) in [5, 5.41) is 16.5. The van der Waals surface area contributed by atoms with Gasteiger partial charge < -0.3 is 15.2 Å². The van der Waals surface area contributed by atoms with Crippen LogP contribution in [0.4, 0.5) is 5.69 Å². The predicted molar refractivity (Wildman–Crippen MR) is 120 cm³/mol. The van der Waals surface area contributed by atoms with Crippen LogP contribution < -0.4 is 15.4 Å². The molecule has 0 spiro atoms. The molecule has 0 aliphatic rings. The Labute approximate surface area is 181 Å². The summed E-state index contributed by atoms with van der Waals surface area (Å²) in [5.74, 6) is -1.03. The van der Waals surface area contributed by atoms with Crippen LogP contribution in [0, 0.1) is 6.92 Å². The molecule has 3 rings (SSSR count). The molecule has 0 saturated heterocycles. The van der Waals surface area contributed by atoms with Crippen molar-refractivity contribution in [2.75, 3.05) is 12.4 Å². The molecule has 0 aliphatic carbocycles. The standard InChI is InChI=1S/C21H17BrN2O4S/c1-11-9-13(20(26)27)7-8-16(11)23-21(29)24-19(25)15-10-12-5-3-4-6-14(12)17(22)18(15)28-2/h3-10H,1-2H3,(H,26,27)(H2,23,24,25,29). The Hall–Kier alpha value is -2.97. The number of benzene rings is 3. The number of carbonyl (C=O) groups is 2. The lowest BCUT2D eigenvalue weighted by Gasteiger charge is -2.15. The molecule has 148 valence electrons. The largest absolute Gasteiger partial charge is 0.495 e. The number of rotatable bonds is 4. The second-order valence-corrected chi connectivity index (χ2v) is 7.44. The Bertz CT molecular complexity index is 1150. The number of amides is 1. The van der Waals surface area contributed by atoms with E-state index in [1.165, 1.54) is 19.2 Å².